The molecule has 1 aliphatic heterocycles. The molecule has 27 heavy (non-hydrogen) atoms. The fraction of sp³-hybridized carbons (Fsp3) is 0.0400. The molecule has 5 rings (SSSR count). The topological polar surface area (TPSA) is 3.24 Å². The molecule has 0 unspecified atom stereocenters. The molecular weight excluding hydrogens is 394 g/mol. The van der Waals surface area contributed by atoms with E-state index in [1.165, 1.54) is 28.1 Å². The van der Waals surface area contributed by atoms with E-state index in [9.17, 15) is 0 Å². The Hall–Kier alpha value is -2.84. The number of para-hydroxylation sites is 2. The number of rotatable bonds is 2. The smallest absolute Gasteiger partial charge is 0.0503 e. The Bertz CT molecular complexity index is 1060. The molecule has 4 aromatic carbocycles. The lowest BCUT2D eigenvalue weighted by molar-refractivity contribution is 0.939. The summed E-state index contributed by atoms with van der Waals surface area (Å²) in [6.07, 6.45) is 0. The van der Waals surface area contributed by atoms with Crippen molar-refractivity contribution in [2.45, 2.75) is 5.92 Å². The highest BCUT2D eigenvalue weighted by Crippen LogP contribution is 2.51. The van der Waals surface area contributed by atoms with Crippen molar-refractivity contribution in [2.75, 3.05) is 4.90 Å². The van der Waals surface area contributed by atoms with Crippen molar-refractivity contribution in [3.05, 3.63) is 124 Å². The van der Waals surface area contributed by atoms with Crippen LogP contribution >= 0.6 is 15.9 Å². The molecule has 0 radical (unpaired) electrons. The second kappa shape index (κ2) is 6.71. The van der Waals surface area contributed by atoms with Crippen LogP contribution in [0.5, 0.6) is 0 Å². The number of fused-ring (bicyclic) bond motifs is 2. The van der Waals surface area contributed by atoms with Gasteiger partial charge in [-0.25, -0.2) is 0 Å². The average Bonchev–Trinajstić information content (AvgIpc) is 2.72. The number of hydrogen-bond donors (Lipinski definition) is 0. The standard InChI is InChI=1S/C25H18BrN/c26-19-11-8-12-20(17-19)27-23-15-6-4-13-21(23)25(18-9-2-1-3-10-18)22-14-5-7-16-24(22)27/h1-17,25H. The molecule has 0 N–H and O–H groups in total. The summed E-state index contributed by atoms with van der Waals surface area (Å²) >= 11 is 3.63. The first-order chi connectivity index (χ1) is 13.3. The predicted molar refractivity (Wildman–Crippen MR) is 116 cm³/mol. The van der Waals surface area contributed by atoms with Gasteiger partial charge in [0.25, 0.3) is 0 Å². The number of benzene rings is 4. The van der Waals surface area contributed by atoms with Crippen LogP contribution in [-0.2, 0) is 0 Å². The summed E-state index contributed by atoms with van der Waals surface area (Å²) in [4.78, 5) is 2.37. The molecular formula is C25H18BrN. The molecule has 0 saturated carbocycles. The minimum atomic E-state index is 0.238. The first-order valence-corrected chi connectivity index (χ1v) is 9.91. The zero-order chi connectivity index (χ0) is 18.2. The molecule has 0 fully saturated rings. The van der Waals surface area contributed by atoms with E-state index in [1.807, 2.05) is 0 Å². The van der Waals surface area contributed by atoms with Gasteiger partial charge in [-0.3, -0.25) is 0 Å². The average molecular weight is 412 g/mol. The molecule has 0 aliphatic carbocycles. The summed E-state index contributed by atoms with van der Waals surface area (Å²) in [5.41, 5.74) is 7.64. The highest BCUT2D eigenvalue weighted by molar-refractivity contribution is 9.10. The molecule has 0 atom stereocenters. The van der Waals surface area contributed by atoms with Crippen LogP contribution in [0.3, 0.4) is 0 Å². The SMILES string of the molecule is Brc1cccc(N2c3ccccc3C(c3ccccc3)c3ccccc32)c1. The third kappa shape index (κ3) is 2.77. The second-order valence-corrected chi connectivity index (χ2v) is 7.69. The van der Waals surface area contributed by atoms with E-state index < -0.39 is 0 Å². The van der Waals surface area contributed by atoms with Gasteiger partial charge in [0.2, 0.25) is 0 Å². The summed E-state index contributed by atoms with van der Waals surface area (Å²) in [6, 6.07) is 36.8. The van der Waals surface area contributed by atoms with Crippen molar-refractivity contribution >= 4 is 33.0 Å². The summed E-state index contributed by atoms with van der Waals surface area (Å²) < 4.78 is 1.08. The molecule has 0 aromatic heterocycles. The van der Waals surface area contributed by atoms with Gasteiger partial charge in [-0.15, -0.1) is 0 Å². The Morgan fingerprint density at radius 1 is 0.593 bits per heavy atom. The normalized spacial score (nSPS) is 13.1. The van der Waals surface area contributed by atoms with Crippen molar-refractivity contribution in [3.63, 3.8) is 0 Å². The first-order valence-electron chi connectivity index (χ1n) is 9.11. The van der Waals surface area contributed by atoms with Crippen molar-refractivity contribution in [3.8, 4) is 0 Å². The molecule has 0 bridgehead atoms. The Balaban J connectivity index is 1.80. The number of halogens is 1. The molecule has 2 heteroatoms. The van der Waals surface area contributed by atoms with E-state index in [4.69, 9.17) is 0 Å². The van der Waals surface area contributed by atoms with Crippen molar-refractivity contribution in [1.82, 2.24) is 0 Å². The van der Waals surface area contributed by atoms with Crippen LogP contribution in [0.1, 0.15) is 22.6 Å². The molecule has 0 spiro atoms. The van der Waals surface area contributed by atoms with Crippen LogP contribution in [-0.4, -0.2) is 0 Å². The van der Waals surface area contributed by atoms with Crippen LogP contribution in [0.2, 0.25) is 0 Å². The quantitative estimate of drug-likeness (QED) is 0.292. The Kier molecular flexibility index (Phi) is 4.06. The number of nitrogens with zero attached hydrogens (tertiary/aromatic N) is 1. The van der Waals surface area contributed by atoms with Crippen LogP contribution in [0, 0.1) is 0 Å². The highest BCUT2D eigenvalue weighted by Gasteiger charge is 2.31. The lowest BCUT2D eigenvalue weighted by Gasteiger charge is -2.38. The van der Waals surface area contributed by atoms with Crippen LogP contribution in [0.4, 0.5) is 17.1 Å². The van der Waals surface area contributed by atoms with Gasteiger partial charge < -0.3 is 4.90 Å². The number of hydrogen-bond acceptors (Lipinski definition) is 1. The van der Waals surface area contributed by atoms with Crippen molar-refractivity contribution < 1.29 is 0 Å². The van der Waals surface area contributed by atoms with Gasteiger partial charge in [0.1, 0.15) is 0 Å². The fourth-order valence-electron chi connectivity index (χ4n) is 4.07. The molecule has 1 nitrogen and oxygen atoms in total. The van der Waals surface area contributed by atoms with Gasteiger partial charge in [0.05, 0.1) is 11.4 Å². The van der Waals surface area contributed by atoms with Crippen molar-refractivity contribution in [1.29, 1.82) is 0 Å². The Morgan fingerprint density at radius 3 is 1.81 bits per heavy atom. The van der Waals surface area contributed by atoms with E-state index in [1.54, 1.807) is 0 Å². The lowest BCUT2D eigenvalue weighted by Crippen LogP contribution is -2.22. The maximum absolute atomic E-state index is 3.63. The predicted octanol–water partition coefficient (Wildman–Crippen LogP) is 7.41. The minimum Gasteiger partial charge on any atom is -0.310 e. The van der Waals surface area contributed by atoms with Gasteiger partial charge in [-0.2, -0.15) is 0 Å². The zero-order valence-corrected chi connectivity index (χ0v) is 16.3. The third-order valence-electron chi connectivity index (χ3n) is 5.18. The molecule has 1 aliphatic rings. The largest absolute Gasteiger partial charge is 0.310 e. The maximum atomic E-state index is 3.63. The van der Waals surface area contributed by atoms with E-state index in [0.717, 1.165) is 10.2 Å². The summed E-state index contributed by atoms with van der Waals surface area (Å²) in [5.74, 6) is 0.238. The molecule has 130 valence electrons. The van der Waals surface area contributed by atoms with Crippen LogP contribution < -0.4 is 4.90 Å². The Labute approximate surface area is 168 Å². The first kappa shape index (κ1) is 16.3. The molecule has 4 aromatic rings. The third-order valence-corrected chi connectivity index (χ3v) is 5.67. The number of anilines is 3. The lowest BCUT2D eigenvalue weighted by atomic mass is 9.80. The Morgan fingerprint density at radius 2 is 1.19 bits per heavy atom. The summed E-state index contributed by atoms with van der Waals surface area (Å²) in [6.45, 7) is 0. The van der Waals surface area contributed by atoms with Crippen LogP contribution in [0.25, 0.3) is 0 Å². The summed E-state index contributed by atoms with van der Waals surface area (Å²) in [5, 5.41) is 0. The maximum Gasteiger partial charge on any atom is 0.0503 e. The summed E-state index contributed by atoms with van der Waals surface area (Å²) in [7, 11) is 0. The van der Waals surface area contributed by atoms with Crippen LogP contribution in [0.15, 0.2) is 108 Å². The van der Waals surface area contributed by atoms with Crippen molar-refractivity contribution in [2.24, 2.45) is 0 Å². The van der Waals surface area contributed by atoms with E-state index in [2.05, 4.69) is 124 Å². The highest BCUT2D eigenvalue weighted by atomic mass is 79.9. The van der Waals surface area contributed by atoms with Gasteiger partial charge in [0.15, 0.2) is 0 Å². The van der Waals surface area contributed by atoms with Gasteiger partial charge in [-0.1, -0.05) is 88.7 Å². The zero-order valence-electron chi connectivity index (χ0n) is 14.7. The molecule has 0 amide bonds. The second-order valence-electron chi connectivity index (χ2n) is 6.78. The van der Waals surface area contributed by atoms with E-state index in [-0.39, 0.29) is 5.92 Å². The molecule has 0 saturated heterocycles. The molecule has 1 heterocycles. The fourth-order valence-corrected chi connectivity index (χ4v) is 4.45. The van der Waals surface area contributed by atoms with Gasteiger partial charge >= 0.3 is 0 Å². The van der Waals surface area contributed by atoms with E-state index in [0.29, 0.717) is 0 Å². The minimum absolute atomic E-state index is 0.238. The van der Waals surface area contributed by atoms with Gasteiger partial charge in [0, 0.05) is 16.1 Å². The monoisotopic (exact) mass is 411 g/mol. The van der Waals surface area contributed by atoms with E-state index >= 15 is 0 Å². The van der Waals surface area contributed by atoms with Gasteiger partial charge in [-0.05, 0) is 47.0 Å².